The Morgan fingerprint density at radius 1 is 1.04 bits per heavy atom. The maximum atomic E-state index is 12.7. The molecule has 5 nitrogen and oxygen atoms in total. The fourth-order valence-corrected chi connectivity index (χ4v) is 3.23. The monoisotopic (exact) mass is 360 g/mol. The number of hydrogen-bond acceptors (Lipinski definition) is 3. The summed E-state index contributed by atoms with van der Waals surface area (Å²) in [5.74, 6) is 1.31. The number of hydrogen-bond donors (Lipinski definition) is 0. The summed E-state index contributed by atoms with van der Waals surface area (Å²) in [6.07, 6.45) is 2.03. The van der Waals surface area contributed by atoms with Crippen LogP contribution in [0.3, 0.4) is 0 Å². The Balaban J connectivity index is 1.89. The highest BCUT2D eigenvalue weighted by atomic mass is 16.5. The molecule has 1 saturated heterocycles. The number of carbonyl (C=O) groups is 2. The van der Waals surface area contributed by atoms with E-state index in [2.05, 4.69) is 20.8 Å². The van der Waals surface area contributed by atoms with E-state index in [1.165, 1.54) is 0 Å². The fraction of sp³-hybridized carbons (Fsp3) is 0.619. The third-order valence-electron chi connectivity index (χ3n) is 4.88. The van der Waals surface area contributed by atoms with Gasteiger partial charge in [0.15, 0.2) is 6.10 Å². The largest absolute Gasteiger partial charge is 0.481 e. The van der Waals surface area contributed by atoms with Crippen LogP contribution in [-0.4, -0.2) is 53.9 Å². The molecule has 1 aromatic rings. The van der Waals surface area contributed by atoms with E-state index in [1.54, 1.807) is 6.92 Å². The Kier molecular flexibility index (Phi) is 7.49. The minimum atomic E-state index is -0.530. The van der Waals surface area contributed by atoms with Gasteiger partial charge >= 0.3 is 0 Å². The molecule has 0 spiro atoms. The maximum absolute atomic E-state index is 12.7. The summed E-state index contributed by atoms with van der Waals surface area (Å²) >= 11 is 0. The van der Waals surface area contributed by atoms with E-state index in [0.29, 0.717) is 38.5 Å². The average molecular weight is 360 g/mol. The molecule has 0 saturated carbocycles. The van der Waals surface area contributed by atoms with Crippen molar-refractivity contribution in [1.82, 2.24) is 9.80 Å². The number of carbonyl (C=O) groups excluding carboxylic acids is 2. The number of rotatable bonds is 7. The van der Waals surface area contributed by atoms with Gasteiger partial charge in [-0.1, -0.05) is 45.4 Å². The molecule has 2 rings (SSSR count). The Hall–Kier alpha value is -2.04. The van der Waals surface area contributed by atoms with Crippen molar-refractivity contribution < 1.29 is 14.3 Å². The quantitative estimate of drug-likeness (QED) is 0.748. The van der Waals surface area contributed by atoms with E-state index < -0.39 is 6.10 Å². The van der Waals surface area contributed by atoms with Gasteiger partial charge in [-0.05, 0) is 30.9 Å². The van der Waals surface area contributed by atoms with Crippen LogP contribution in [0.4, 0.5) is 0 Å². The predicted molar refractivity (Wildman–Crippen MR) is 103 cm³/mol. The average Bonchev–Trinajstić information content (AvgIpc) is 2.65. The molecule has 26 heavy (non-hydrogen) atoms. The van der Waals surface area contributed by atoms with Crippen LogP contribution in [0.1, 0.15) is 58.4 Å². The van der Waals surface area contributed by atoms with Crippen LogP contribution in [-0.2, 0) is 9.59 Å². The van der Waals surface area contributed by atoms with Gasteiger partial charge in [0, 0.05) is 32.6 Å². The van der Waals surface area contributed by atoms with Crippen molar-refractivity contribution in [3.63, 3.8) is 0 Å². The smallest absolute Gasteiger partial charge is 0.263 e. The van der Waals surface area contributed by atoms with E-state index >= 15 is 0 Å². The van der Waals surface area contributed by atoms with Crippen molar-refractivity contribution in [2.75, 3.05) is 26.2 Å². The predicted octanol–water partition coefficient (Wildman–Crippen LogP) is 3.44. The Morgan fingerprint density at radius 2 is 1.65 bits per heavy atom. The lowest BCUT2D eigenvalue weighted by molar-refractivity contribution is -0.143. The van der Waals surface area contributed by atoms with Crippen molar-refractivity contribution in [2.45, 2.75) is 59.0 Å². The van der Waals surface area contributed by atoms with Gasteiger partial charge in [-0.15, -0.1) is 0 Å². The standard InChI is InChI=1S/C21H32N2O3/c1-5-6-11-20(24)22-12-14-23(15-13-22)21(25)17(4)26-19-10-8-7-9-18(19)16(2)3/h7-10,16-17H,5-6,11-15H2,1-4H3. The number of piperazine rings is 1. The fourth-order valence-electron chi connectivity index (χ4n) is 3.23. The third kappa shape index (κ3) is 5.23. The minimum absolute atomic E-state index is 0.00998. The van der Waals surface area contributed by atoms with E-state index in [0.717, 1.165) is 24.2 Å². The molecule has 0 N–H and O–H groups in total. The number of para-hydroxylation sites is 1. The molecule has 1 aliphatic heterocycles. The van der Waals surface area contributed by atoms with Crippen LogP contribution in [0.2, 0.25) is 0 Å². The summed E-state index contributed by atoms with van der Waals surface area (Å²) in [4.78, 5) is 28.5. The number of unbranched alkanes of at least 4 members (excludes halogenated alkanes) is 1. The lowest BCUT2D eigenvalue weighted by Crippen LogP contribution is -2.53. The summed E-state index contributed by atoms with van der Waals surface area (Å²) in [5, 5.41) is 0. The van der Waals surface area contributed by atoms with Gasteiger partial charge < -0.3 is 14.5 Å². The van der Waals surface area contributed by atoms with Crippen LogP contribution in [0, 0.1) is 0 Å². The molecule has 1 atom stereocenters. The van der Waals surface area contributed by atoms with Crippen LogP contribution in [0.5, 0.6) is 5.75 Å². The Bertz CT molecular complexity index is 607. The van der Waals surface area contributed by atoms with Crippen LogP contribution in [0.15, 0.2) is 24.3 Å². The molecule has 1 heterocycles. The SMILES string of the molecule is CCCCC(=O)N1CCN(C(=O)C(C)Oc2ccccc2C(C)C)CC1. The summed E-state index contributed by atoms with van der Waals surface area (Å²) in [5.41, 5.74) is 1.11. The minimum Gasteiger partial charge on any atom is -0.481 e. The second-order valence-corrected chi connectivity index (χ2v) is 7.26. The number of benzene rings is 1. The van der Waals surface area contributed by atoms with Crippen molar-refractivity contribution >= 4 is 11.8 Å². The summed E-state index contributed by atoms with van der Waals surface area (Å²) < 4.78 is 5.98. The Labute approximate surface area is 157 Å². The molecule has 1 fully saturated rings. The van der Waals surface area contributed by atoms with Gasteiger partial charge in [0.05, 0.1) is 0 Å². The van der Waals surface area contributed by atoms with E-state index in [9.17, 15) is 9.59 Å². The second kappa shape index (κ2) is 9.60. The van der Waals surface area contributed by atoms with Crippen LogP contribution >= 0.6 is 0 Å². The molecule has 1 unspecified atom stereocenters. The molecule has 1 aromatic carbocycles. The first-order chi connectivity index (χ1) is 12.4. The van der Waals surface area contributed by atoms with Crippen LogP contribution in [0.25, 0.3) is 0 Å². The van der Waals surface area contributed by atoms with E-state index in [4.69, 9.17) is 4.74 Å². The first-order valence-corrected chi connectivity index (χ1v) is 9.76. The Morgan fingerprint density at radius 3 is 2.27 bits per heavy atom. The molecule has 0 aromatic heterocycles. The number of ether oxygens (including phenoxy) is 1. The zero-order valence-corrected chi connectivity index (χ0v) is 16.5. The molecule has 0 radical (unpaired) electrons. The highest BCUT2D eigenvalue weighted by Crippen LogP contribution is 2.27. The van der Waals surface area contributed by atoms with Crippen molar-refractivity contribution in [2.24, 2.45) is 0 Å². The second-order valence-electron chi connectivity index (χ2n) is 7.26. The van der Waals surface area contributed by atoms with Gasteiger partial charge in [-0.25, -0.2) is 0 Å². The number of amides is 2. The third-order valence-corrected chi connectivity index (χ3v) is 4.88. The number of nitrogens with zero attached hydrogens (tertiary/aromatic N) is 2. The zero-order valence-electron chi connectivity index (χ0n) is 16.5. The maximum Gasteiger partial charge on any atom is 0.263 e. The van der Waals surface area contributed by atoms with Gasteiger partial charge in [-0.2, -0.15) is 0 Å². The van der Waals surface area contributed by atoms with Crippen molar-refractivity contribution in [1.29, 1.82) is 0 Å². The lowest BCUT2D eigenvalue weighted by atomic mass is 10.0. The van der Waals surface area contributed by atoms with E-state index in [1.807, 2.05) is 34.1 Å². The van der Waals surface area contributed by atoms with Crippen molar-refractivity contribution in [3.8, 4) is 5.75 Å². The molecular weight excluding hydrogens is 328 g/mol. The van der Waals surface area contributed by atoms with Gasteiger partial charge in [0.25, 0.3) is 5.91 Å². The van der Waals surface area contributed by atoms with E-state index in [-0.39, 0.29) is 11.8 Å². The normalized spacial score (nSPS) is 15.9. The molecule has 0 aliphatic carbocycles. The molecule has 5 heteroatoms. The molecule has 1 aliphatic rings. The molecule has 144 valence electrons. The van der Waals surface area contributed by atoms with Gasteiger partial charge in [-0.3, -0.25) is 9.59 Å². The highest BCUT2D eigenvalue weighted by molar-refractivity contribution is 5.81. The molecule has 2 amide bonds. The lowest BCUT2D eigenvalue weighted by Gasteiger charge is -2.36. The summed E-state index contributed by atoms with van der Waals surface area (Å²) in [6.45, 7) is 10.5. The molecular formula is C21H32N2O3. The topological polar surface area (TPSA) is 49.9 Å². The molecule has 0 bridgehead atoms. The van der Waals surface area contributed by atoms with Crippen LogP contribution < -0.4 is 4.74 Å². The summed E-state index contributed by atoms with van der Waals surface area (Å²) in [6, 6.07) is 7.88. The first kappa shape index (κ1) is 20.3. The van der Waals surface area contributed by atoms with Gasteiger partial charge in [0.2, 0.25) is 5.91 Å². The van der Waals surface area contributed by atoms with Crippen molar-refractivity contribution in [3.05, 3.63) is 29.8 Å². The first-order valence-electron chi connectivity index (χ1n) is 9.76. The zero-order chi connectivity index (χ0) is 19.1. The van der Waals surface area contributed by atoms with Gasteiger partial charge in [0.1, 0.15) is 5.75 Å². The summed E-state index contributed by atoms with van der Waals surface area (Å²) in [7, 11) is 0. The highest BCUT2D eigenvalue weighted by Gasteiger charge is 2.28.